The molecule has 1 aromatic carbocycles. The van der Waals surface area contributed by atoms with Crippen LogP contribution < -0.4 is 5.32 Å². The molecule has 4 nitrogen and oxygen atoms in total. The Kier molecular flexibility index (Phi) is 6.18. The van der Waals surface area contributed by atoms with Gasteiger partial charge in [0.25, 0.3) is 0 Å². The predicted octanol–water partition coefficient (Wildman–Crippen LogP) is 2.73. The third-order valence-electron chi connectivity index (χ3n) is 4.52. The first kappa shape index (κ1) is 18.0. The van der Waals surface area contributed by atoms with E-state index in [0.717, 1.165) is 43.0 Å². The molecule has 3 rings (SSSR count). The SMILES string of the molecule is CN1CCCN(CC(=O)N[C@@H](c2ccc(F)cc2)c2cccs2)CC1. The van der Waals surface area contributed by atoms with E-state index < -0.39 is 0 Å². The number of thiophene rings is 1. The van der Waals surface area contributed by atoms with Gasteiger partial charge in [0.2, 0.25) is 5.91 Å². The molecule has 0 aliphatic carbocycles. The van der Waals surface area contributed by atoms with Gasteiger partial charge in [0.15, 0.2) is 0 Å². The van der Waals surface area contributed by atoms with Gasteiger partial charge in [-0.25, -0.2) is 4.39 Å². The van der Waals surface area contributed by atoms with Crippen molar-refractivity contribution in [3.8, 4) is 0 Å². The minimum Gasteiger partial charge on any atom is -0.343 e. The molecule has 0 bridgehead atoms. The van der Waals surface area contributed by atoms with Crippen LogP contribution in [0.5, 0.6) is 0 Å². The molecular weight excluding hydrogens is 337 g/mol. The lowest BCUT2D eigenvalue weighted by molar-refractivity contribution is -0.122. The maximum Gasteiger partial charge on any atom is 0.234 e. The Morgan fingerprint density at radius 3 is 2.72 bits per heavy atom. The third kappa shape index (κ3) is 5.11. The molecule has 134 valence electrons. The van der Waals surface area contributed by atoms with Crippen molar-refractivity contribution < 1.29 is 9.18 Å². The van der Waals surface area contributed by atoms with Crippen molar-refractivity contribution in [2.45, 2.75) is 12.5 Å². The molecule has 1 saturated heterocycles. The second-order valence-electron chi connectivity index (χ2n) is 6.50. The highest BCUT2D eigenvalue weighted by molar-refractivity contribution is 7.10. The summed E-state index contributed by atoms with van der Waals surface area (Å²) in [6, 6.07) is 10.1. The van der Waals surface area contributed by atoms with Crippen LogP contribution in [-0.2, 0) is 4.79 Å². The van der Waals surface area contributed by atoms with Gasteiger partial charge in [0.05, 0.1) is 12.6 Å². The van der Waals surface area contributed by atoms with E-state index in [-0.39, 0.29) is 17.8 Å². The topological polar surface area (TPSA) is 35.6 Å². The predicted molar refractivity (Wildman–Crippen MR) is 99.3 cm³/mol. The first-order chi connectivity index (χ1) is 12.1. The smallest absolute Gasteiger partial charge is 0.234 e. The monoisotopic (exact) mass is 361 g/mol. The van der Waals surface area contributed by atoms with Crippen molar-refractivity contribution >= 4 is 17.2 Å². The van der Waals surface area contributed by atoms with Crippen LogP contribution in [0.2, 0.25) is 0 Å². The zero-order valence-corrected chi connectivity index (χ0v) is 15.3. The molecule has 0 unspecified atom stereocenters. The van der Waals surface area contributed by atoms with Gasteiger partial charge in [-0.15, -0.1) is 11.3 Å². The normalized spacial score (nSPS) is 17.8. The molecular formula is C19H24FN3OS. The standard InChI is InChI=1S/C19H24FN3OS/c1-22-9-3-10-23(12-11-22)14-18(24)21-19(17-4-2-13-25-17)15-5-7-16(20)8-6-15/h2,4-8,13,19H,3,9-12,14H2,1H3,(H,21,24)/t19-/m0/s1. The highest BCUT2D eigenvalue weighted by Gasteiger charge is 2.20. The lowest BCUT2D eigenvalue weighted by Crippen LogP contribution is -2.40. The maximum absolute atomic E-state index is 13.2. The number of nitrogens with one attached hydrogen (secondary N) is 1. The van der Waals surface area contributed by atoms with E-state index in [1.807, 2.05) is 17.5 Å². The number of carbonyl (C=O) groups excluding carboxylic acids is 1. The molecule has 1 atom stereocenters. The lowest BCUT2D eigenvalue weighted by Gasteiger charge is -2.23. The van der Waals surface area contributed by atoms with E-state index in [1.165, 1.54) is 12.1 Å². The van der Waals surface area contributed by atoms with Crippen molar-refractivity contribution in [2.24, 2.45) is 0 Å². The molecule has 1 aromatic heterocycles. The summed E-state index contributed by atoms with van der Waals surface area (Å²) in [4.78, 5) is 18.2. The van der Waals surface area contributed by atoms with E-state index in [2.05, 4.69) is 22.2 Å². The highest BCUT2D eigenvalue weighted by atomic mass is 32.1. The Balaban J connectivity index is 1.67. The fourth-order valence-electron chi connectivity index (χ4n) is 3.10. The van der Waals surface area contributed by atoms with Crippen molar-refractivity contribution in [2.75, 3.05) is 39.8 Å². The largest absolute Gasteiger partial charge is 0.343 e. The molecule has 25 heavy (non-hydrogen) atoms. The minimum atomic E-state index is -0.270. The van der Waals surface area contributed by atoms with Gasteiger partial charge >= 0.3 is 0 Å². The number of likely N-dealkylation sites (N-methyl/N-ethyl adjacent to an activating group) is 1. The summed E-state index contributed by atoms with van der Waals surface area (Å²) < 4.78 is 13.2. The number of rotatable bonds is 5. The molecule has 0 saturated carbocycles. The van der Waals surface area contributed by atoms with Gasteiger partial charge in [0.1, 0.15) is 5.82 Å². The van der Waals surface area contributed by atoms with Crippen LogP contribution >= 0.6 is 11.3 Å². The molecule has 0 spiro atoms. The quantitative estimate of drug-likeness (QED) is 0.889. The average Bonchev–Trinajstić information content (AvgIpc) is 3.05. The van der Waals surface area contributed by atoms with Crippen LogP contribution in [0.4, 0.5) is 4.39 Å². The number of nitrogens with zero attached hydrogens (tertiary/aromatic N) is 2. The molecule has 1 amide bonds. The first-order valence-corrected chi connectivity index (χ1v) is 9.49. The van der Waals surface area contributed by atoms with Crippen molar-refractivity contribution in [3.05, 3.63) is 58.0 Å². The van der Waals surface area contributed by atoms with Crippen molar-refractivity contribution in [1.82, 2.24) is 15.1 Å². The van der Waals surface area contributed by atoms with Crippen LogP contribution in [0.25, 0.3) is 0 Å². The van der Waals surface area contributed by atoms with E-state index >= 15 is 0 Å². The summed E-state index contributed by atoms with van der Waals surface area (Å²) in [7, 11) is 2.12. The van der Waals surface area contributed by atoms with Gasteiger partial charge in [-0.05, 0) is 55.7 Å². The first-order valence-electron chi connectivity index (χ1n) is 8.61. The Morgan fingerprint density at radius 2 is 2.00 bits per heavy atom. The van der Waals surface area contributed by atoms with Gasteiger partial charge in [0, 0.05) is 18.0 Å². The second kappa shape index (κ2) is 8.56. The summed E-state index contributed by atoms with van der Waals surface area (Å²) in [6.45, 7) is 4.31. The van der Waals surface area contributed by atoms with Gasteiger partial charge in [-0.2, -0.15) is 0 Å². The summed E-state index contributed by atoms with van der Waals surface area (Å²) in [5, 5.41) is 5.12. The Morgan fingerprint density at radius 1 is 1.20 bits per heavy atom. The molecule has 2 heterocycles. The van der Waals surface area contributed by atoms with Gasteiger partial charge in [-0.1, -0.05) is 18.2 Å². The fourth-order valence-corrected chi connectivity index (χ4v) is 3.90. The summed E-state index contributed by atoms with van der Waals surface area (Å²) in [6.07, 6.45) is 1.08. The molecule has 0 radical (unpaired) electrons. The Hall–Kier alpha value is -1.76. The number of hydrogen-bond donors (Lipinski definition) is 1. The summed E-state index contributed by atoms with van der Waals surface area (Å²) in [5.41, 5.74) is 0.896. The number of carbonyl (C=O) groups is 1. The number of amides is 1. The van der Waals surface area contributed by atoms with Crippen molar-refractivity contribution in [1.29, 1.82) is 0 Å². The molecule has 1 aliphatic heterocycles. The molecule has 1 N–H and O–H groups in total. The zero-order valence-electron chi connectivity index (χ0n) is 14.5. The second-order valence-corrected chi connectivity index (χ2v) is 7.48. The fraction of sp³-hybridized carbons (Fsp3) is 0.421. The van der Waals surface area contributed by atoms with Crippen molar-refractivity contribution in [3.63, 3.8) is 0 Å². The number of hydrogen-bond acceptors (Lipinski definition) is 4. The zero-order chi connectivity index (χ0) is 17.6. The van der Waals surface area contributed by atoms with Crippen LogP contribution in [0, 0.1) is 5.82 Å². The highest BCUT2D eigenvalue weighted by Crippen LogP contribution is 2.26. The van der Waals surface area contributed by atoms with E-state index in [1.54, 1.807) is 23.5 Å². The summed E-state index contributed by atoms with van der Waals surface area (Å²) in [5.74, 6) is -0.263. The number of halogens is 1. The Bertz CT molecular complexity index is 674. The minimum absolute atomic E-state index is 0.00674. The third-order valence-corrected chi connectivity index (χ3v) is 5.45. The van der Waals surface area contributed by atoms with Gasteiger partial charge in [-0.3, -0.25) is 9.69 Å². The molecule has 1 aliphatic rings. The van der Waals surface area contributed by atoms with Crippen LogP contribution in [0.3, 0.4) is 0 Å². The van der Waals surface area contributed by atoms with Gasteiger partial charge < -0.3 is 10.2 Å². The van der Waals surface area contributed by atoms with Crippen LogP contribution in [-0.4, -0.2) is 55.5 Å². The molecule has 2 aromatic rings. The summed E-state index contributed by atoms with van der Waals surface area (Å²) >= 11 is 1.59. The number of benzene rings is 1. The van der Waals surface area contributed by atoms with Crippen LogP contribution in [0.15, 0.2) is 41.8 Å². The maximum atomic E-state index is 13.2. The molecule has 1 fully saturated rings. The lowest BCUT2D eigenvalue weighted by atomic mass is 10.1. The van der Waals surface area contributed by atoms with E-state index in [4.69, 9.17) is 0 Å². The van der Waals surface area contributed by atoms with Crippen LogP contribution in [0.1, 0.15) is 22.9 Å². The molecule has 6 heteroatoms. The Labute approximate surface area is 152 Å². The van der Waals surface area contributed by atoms with E-state index in [0.29, 0.717) is 6.54 Å². The van der Waals surface area contributed by atoms with E-state index in [9.17, 15) is 9.18 Å². The average molecular weight is 361 g/mol.